The average Bonchev–Trinajstić information content (AvgIpc) is 2.65. The summed E-state index contributed by atoms with van der Waals surface area (Å²) in [4.78, 5) is 18.7. The van der Waals surface area contributed by atoms with E-state index in [0.29, 0.717) is 5.56 Å². The Labute approximate surface area is 97.2 Å². The minimum atomic E-state index is -0.115. The van der Waals surface area contributed by atoms with Gasteiger partial charge in [-0.15, -0.1) is 11.3 Å². The van der Waals surface area contributed by atoms with Crippen LogP contribution in [0.15, 0.2) is 16.2 Å². The van der Waals surface area contributed by atoms with E-state index in [1.165, 1.54) is 0 Å². The molecule has 0 atom stereocenters. The van der Waals surface area contributed by atoms with E-state index in [0.717, 1.165) is 22.0 Å². The molecule has 16 heavy (non-hydrogen) atoms. The molecule has 0 bridgehead atoms. The van der Waals surface area contributed by atoms with Crippen LogP contribution in [0.5, 0.6) is 0 Å². The summed E-state index contributed by atoms with van der Waals surface area (Å²) >= 11 is 1.59. The molecule has 0 aromatic carbocycles. The number of nitrogens with zero attached hydrogens (tertiary/aromatic N) is 1. The topological polar surface area (TPSA) is 71.8 Å². The van der Waals surface area contributed by atoms with Crippen LogP contribution >= 0.6 is 11.3 Å². The van der Waals surface area contributed by atoms with Gasteiger partial charge in [-0.1, -0.05) is 0 Å². The molecule has 2 aromatic heterocycles. The van der Waals surface area contributed by atoms with Gasteiger partial charge < -0.3 is 10.7 Å². The van der Waals surface area contributed by atoms with Crippen LogP contribution in [0.3, 0.4) is 0 Å². The van der Waals surface area contributed by atoms with Crippen LogP contribution in [0.1, 0.15) is 16.3 Å². The van der Waals surface area contributed by atoms with E-state index in [9.17, 15) is 4.79 Å². The summed E-state index contributed by atoms with van der Waals surface area (Å²) in [6.07, 6.45) is 0. The van der Waals surface area contributed by atoms with Crippen LogP contribution in [0.4, 0.5) is 0 Å². The van der Waals surface area contributed by atoms with Gasteiger partial charge in [0, 0.05) is 28.7 Å². The largest absolute Gasteiger partial charge is 0.326 e. The lowest BCUT2D eigenvalue weighted by atomic mass is 10.1. The molecule has 0 spiro atoms. The van der Waals surface area contributed by atoms with Gasteiger partial charge in [-0.2, -0.15) is 0 Å². The van der Waals surface area contributed by atoms with Gasteiger partial charge in [0.15, 0.2) is 0 Å². The molecule has 2 rings (SSSR count). The molecular weight excluding hydrogens is 222 g/mol. The predicted molar refractivity (Wildman–Crippen MR) is 65.5 cm³/mol. The molecule has 2 aromatic rings. The van der Waals surface area contributed by atoms with Crippen LogP contribution < -0.4 is 11.3 Å². The van der Waals surface area contributed by atoms with Crippen molar-refractivity contribution in [2.24, 2.45) is 5.73 Å². The fourth-order valence-electron chi connectivity index (χ4n) is 1.57. The molecule has 0 aliphatic carbocycles. The van der Waals surface area contributed by atoms with Crippen LogP contribution in [-0.2, 0) is 6.54 Å². The Morgan fingerprint density at radius 2 is 2.25 bits per heavy atom. The van der Waals surface area contributed by atoms with Crippen molar-refractivity contribution >= 4 is 11.3 Å². The maximum Gasteiger partial charge on any atom is 0.252 e. The number of H-pyrrole nitrogens is 1. The lowest BCUT2D eigenvalue weighted by Crippen LogP contribution is -2.17. The van der Waals surface area contributed by atoms with Crippen molar-refractivity contribution < 1.29 is 0 Å². The molecule has 2 heterocycles. The van der Waals surface area contributed by atoms with Crippen LogP contribution in [0.2, 0.25) is 0 Å². The van der Waals surface area contributed by atoms with E-state index in [2.05, 4.69) is 9.97 Å². The summed E-state index contributed by atoms with van der Waals surface area (Å²) < 4.78 is 0. The molecule has 0 aliphatic rings. The summed E-state index contributed by atoms with van der Waals surface area (Å²) in [6, 6.07) is 1.82. The Morgan fingerprint density at radius 1 is 1.50 bits per heavy atom. The van der Waals surface area contributed by atoms with Gasteiger partial charge in [0.2, 0.25) is 0 Å². The third-order valence-corrected chi connectivity index (χ3v) is 3.20. The quantitative estimate of drug-likeness (QED) is 0.830. The van der Waals surface area contributed by atoms with E-state index >= 15 is 0 Å². The van der Waals surface area contributed by atoms with Crippen LogP contribution in [0.25, 0.3) is 11.3 Å². The maximum absolute atomic E-state index is 11.5. The van der Waals surface area contributed by atoms with Gasteiger partial charge in [-0.25, -0.2) is 4.98 Å². The molecule has 0 radical (unpaired) electrons. The Morgan fingerprint density at radius 3 is 2.81 bits per heavy atom. The Bertz CT molecular complexity index is 571. The number of aryl methyl sites for hydroxylation is 2. The second-order valence-corrected chi connectivity index (χ2v) is 4.68. The number of hydrogen-bond acceptors (Lipinski definition) is 4. The summed E-state index contributed by atoms with van der Waals surface area (Å²) in [6.45, 7) is 4.07. The third kappa shape index (κ3) is 1.91. The normalized spacial score (nSPS) is 10.7. The zero-order valence-corrected chi connectivity index (χ0v) is 10.0. The van der Waals surface area contributed by atoms with Crippen molar-refractivity contribution in [2.45, 2.75) is 20.4 Å². The Balaban J connectivity index is 2.61. The monoisotopic (exact) mass is 235 g/mol. The van der Waals surface area contributed by atoms with Gasteiger partial charge in [0.1, 0.15) is 0 Å². The third-order valence-electron chi connectivity index (χ3n) is 2.43. The Kier molecular flexibility index (Phi) is 2.89. The summed E-state index contributed by atoms with van der Waals surface area (Å²) in [7, 11) is 0. The molecule has 4 nitrogen and oxygen atoms in total. The maximum atomic E-state index is 11.5. The number of hydrogen-bond donors (Lipinski definition) is 2. The second-order valence-electron chi connectivity index (χ2n) is 3.62. The van der Waals surface area contributed by atoms with E-state index < -0.39 is 0 Å². The van der Waals surface area contributed by atoms with E-state index in [4.69, 9.17) is 5.73 Å². The van der Waals surface area contributed by atoms with Crippen molar-refractivity contribution in [1.82, 2.24) is 9.97 Å². The minimum absolute atomic E-state index is 0.115. The molecule has 0 aliphatic heterocycles. The highest BCUT2D eigenvalue weighted by Gasteiger charge is 2.09. The average molecular weight is 235 g/mol. The highest BCUT2D eigenvalue weighted by atomic mass is 32.1. The zero-order valence-electron chi connectivity index (χ0n) is 9.20. The van der Waals surface area contributed by atoms with Crippen molar-refractivity contribution in [1.29, 1.82) is 0 Å². The Hall–Kier alpha value is -1.46. The first-order valence-corrected chi connectivity index (χ1v) is 5.85. The highest BCUT2D eigenvalue weighted by Crippen LogP contribution is 2.23. The standard InChI is InChI=1S/C11H13N3OS/c1-6-9(10-5-16-7(2)14-10)3-8(4-12)11(15)13-6/h3,5H,4,12H2,1-2H3,(H,13,15). The van der Waals surface area contributed by atoms with E-state index in [-0.39, 0.29) is 12.1 Å². The summed E-state index contributed by atoms with van der Waals surface area (Å²) in [5.74, 6) is 0. The van der Waals surface area contributed by atoms with E-state index in [1.54, 1.807) is 11.3 Å². The van der Waals surface area contributed by atoms with Crippen molar-refractivity contribution in [3.8, 4) is 11.3 Å². The molecule has 5 heteroatoms. The predicted octanol–water partition coefficient (Wildman–Crippen LogP) is 1.57. The fraction of sp³-hybridized carbons (Fsp3) is 0.273. The number of aromatic nitrogens is 2. The smallest absolute Gasteiger partial charge is 0.252 e. The lowest BCUT2D eigenvalue weighted by Gasteiger charge is -2.04. The van der Waals surface area contributed by atoms with Crippen molar-refractivity contribution in [2.75, 3.05) is 0 Å². The first kappa shape index (κ1) is 11.0. The fourth-order valence-corrected chi connectivity index (χ4v) is 2.18. The number of nitrogens with two attached hydrogens (primary N) is 1. The molecule has 0 saturated carbocycles. The molecule has 0 unspecified atom stereocenters. The number of pyridine rings is 1. The van der Waals surface area contributed by atoms with Gasteiger partial charge in [0.25, 0.3) is 5.56 Å². The molecule has 3 N–H and O–H groups in total. The van der Waals surface area contributed by atoms with Gasteiger partial charge in [0.05, 0.1) is 10.7 Å². The second kappa shape index (κ2) is 4.19. The SMILES string of the molecule is Cc1nc(-c2cc(CN)c(=O)[nH]c2C)cs1. The first-order chi connectivity index (χ1) is 7.61. The summed E-state index contributed by atoms with van der Waals surface area (Å²) in [5.41, 5.74) is 8.66. The van der Waals surface area contributed by atoms with Crippen LogP contribution in [-0.4, -0.2) is 9.97 Å². The molecule has 0 fully saturated rings. The lowest BCUT2D eigenvalue weighted by molar-refractivity contribution is 0.998. The van der Waals surface area contributed by atoms with Gasteiger partial charge >= 0.3 is 0 Å². The number of aromatic amines is 1. The van der Waals surface area contributed by atoms with Crippen molar-refractivity contribution in [3.63, 3.8) is 0 Å². The first-order valence-electron chi connectivity index (χ1n) is 4.97. The molecule has 84 valence electrons. The molecule has 0 saturated heterocycles. The highest BCUT2D eigenvalue weighted by molar-refractivity contribution is 7.09. The van der Waals surface area contributed by atoms with Crippen molar-refractivity contribution in [3.05, 3.63) is 38.1 Å². The van der Waals surface area contributed by atoms with Crippen LogP contribution in [0, 0.1) is 13.8 Å². The zero-order chi connectivity index (χ0) is 11.7. The van der Waals surface area contributed by atoms with Gasteiger partial charge in [-0.3, -0.25) is 4.79 Å². The van der Waals surface area contributed by atoms with Gasteiger partial charge in [-0.05, 0) is 19.9 Å². The molecule has 0 amide bonds. The number of rotatable bonds is 2. The number of thiazole rings is 1. The number of nitrogens with one attached hydrogen (secondary N) is 1. The van der Waals surface area contributed by atoms with E-state index in [1.807, 2.05) is 25.3 Å². The molecular formula is C11H13N3OS. The minimum Gasteiger partial charge on any atom is -0.326 e. The summed E-state index contributed by atoms with van der Waals surface area (Å²) in [5, 5.41) is 2.99.